The number of thiophene rings is 1. The van der Waals surface area contributed by atoms with Crippen LogP contribution in [0, 0.1) is 13.8 Å². The van der Waals surface area contributed by atoms with Crippen LogP contribution >= 0.6 is 23.1 Å². The summed E-state index contributed by atoms with van der Waals surface area (Å²) in [6.07, 6.45) is 1.88. The predicted molar refractivity (Wildman–Crippen MR) is 125 cm³/mol. The lowest BCUT2D eigenvalue weighted by Crippen LogP contribution is -2.23. The number of hydrogen-bond donors (Lipinski definition) is 3. The molecule has 1 amide bonds. The summed E-state index contributed by atoms with van der Waals surface area (Å²) in [7, 11) is 0. The molecule has 0 radical (unpaired) electrons. The Hall–Kier alpha value is -2.84. The highest BCUT2D eigenvalue weighted by Gasteiger charge is 2.16. The third-order valence-corrected chi connectivity index (χ3v) is 7.24. The normalized spacial score (nSPS) is 12.2. The van der Waals surface area contributed by atoms with Crippen molar-refractivity contribution in [3.05, 3.63) is 69.2 Å². The Balaban J connectivity index is 1.38. The minimum absolute atomic E-state index is 0.0844. The molecule has 0 aliphatic carbocycles. The van der Waals surface area contributed by atoms with Crippen molar-refractivity contribution in [3.8, 4) is 11.3 Å². The number of anilines is 1. The molecule has 0 saturated carbocycles. The summed E-state index contributed by atoms with van der Waals surface area (Å²) in [6, 6.07) is 11.7. The van der Waals surface area contributed by atoms with Crippen LogP contribution in [0.5, 0.6) is 0 Å². The number of carbonyl (C=O) groups is 1. The Labute approximate surface area is 182 Å². The molecule has 0 saturated heterocycles. The van der Waals surface area contributed by atoms with Crippen molar-refractivity contribution in [1.29, 1.82) is 0 Å². The Morgan fingerprint density at radius 2 is 2.00 bits per heavy atom. The van der Waals surface area contributed by atoms with Gasteiger partial charge in [0.25, 0.3) is 5.56 Å². The van der Waals surface area contributed by atoms with E-state index in [-0.39, 0.29) is 16.7 Å². The summed E-state index contributed by atoms with van der Waals surface area (Å²) < 4.78 is 0. The minimum Gasteiger partial charge on any atom is -0.361 e. The van der Waals surface area contributed by atoms with E-state index in [4.69, 9.17) is 0 Å². The molecule has 6 nitrogen and oxygen atoms in total. The summed E-state index contributed by atoms with van der Waals surface area (Å²) in [5, 5.41) is 3.32. The molecule has 0 aliphatic heterocycles. The molecule has 1 unspecified atom stereocenters. The maximum Gasteiger partial charge on any atom is 0.259 e. The summed E-state index contributed by atoms with van der Waals surface area (Å²) in [5.74, 6) is 0.967. The molecule has 3 aromatic heterocycles. The maximum atomic E-state index is 12.5. The van der Waals surface area contributed by atoms with Gasteiger partial charge in [-0.05, 0) is 56.2 Å². The van der Waals surface area contributed by atoms with Crippen LogP contribution in [0.15, 0.2) is 47.4 Å². The molecule has 1 aromatic carbocycles. The lowest BCUT2D eigenvalue weighted by Gasteiger charge is -2.12. The van der Waals surface area contributed by atoms with Crippen LogP contribution in [-0.4, -0.2) is 26.1 Å². The fraction of sp³-hybridized carbons (Fsp3) is 0.227. The molecule has 4 aromatic rings. The van der Waals surface area contributed by atoms with Gasteiger partial charge in [-0.2, -0.15) is 0 Å². The van der Waals surface area contributed by atoms with Crippen LogP contribution < -0.4 is 10.9 Å². The highest BCUT2D eigenvalue weighted by molar-refractivity contribution is 7.99. The first-order valence-corrected chi connectivity index (χ1v) is 11.4. The monoisotopic (exact) mass is 438 g/mol. The van der Waals surface area contributed by atoms with E-state index in [1.165, 1.54) is 23.1 Å². The maximum absolute atomic E-state index is 12.5. The number of hydrogen-bond acceptors (Lipinski definition) is 5. The number of aryl methyl sites for hydroxylation is 2. The second kappa shape index (κ2) is 8.49. The predicted octanol–water partition coefficient (Wildman–Crippen LogP) is 4.86. The van der Waals surface area contributed by atoms with Crippen LogP contribution in [-0.2, 0) is 10.5 Å². The van der Waals surface area contributed by atoms with E-state index < -0.39 is 0 Å². The van der Waals surface area contributed by atoms with E-state index in [0.29, 0.717) is 17.0 Å². The van der Waals surface area contributed by atoms with Gasteiger partial charge in [0.1, 0.15) is 10.7 Å². The molecule has 1 atom stereocenters. The zero-order chi connectivity index (χ0) is 21.3. The number of nitrogens with one attached hydrogen (secondary N) is 3. The van der Waals surface area contributed by atoms with E-state index in [1.807, 2.05) is 63.4 Å². The van der Waals surface area contributed by atoms with Crippen molar-refractivity contribution in [1.82, 2.24) is 15.0 Å². The second-order valence-corrected chi connectivity index (χ2v) is 9.61. The first-order chi connectivity index (χ1) is 14.4. The van der Waals surface area contributed by atoms with Gasteiger partial charge in [-0.15, -0.1) is 23.1 Å². The number of nitrogens with zero attached hydrogens (tertiary/aromatic N) is 1. The zero-order valence-corrected chi connectivity index (χ0v) is 18.5. The van der Waals surface area contributed by atoms with E-state index >= 15 is 0 Å². The summed E-state index contributed by atoms with van der Waals surface area (Å²) in [5.41, 5.74) is 3.71. The number of carbonyl (C=O) groups excluding carboxylic acids is 1. The lowest BCUT2D eigenvalue weighted by molar-refractivity contribution is -0.115. The molecule has 4 rings (SSSR count). The molecule has 8 heteroatoms. The molecule has 30 heavy (non-hydrogen) atoms. The van der Waals surface area contributed by atoms with Crippen molar-refractivity contribution in [2.75, 3.05) is 5.32 Å². The van der Waals surface area contributed by atoms with Gasteiger partial charge in [0.15, 0.2) is 0 Å². The van der Waals surface area contributed by atoms with Gasteiger partial charge in [0.2, 0.25) is 5.91 Å². The minimum atomic E-state index is -0.291. The Morgan fingerprint density at radius 3 is 2.70 bits per heavy atom. The third-order valence-electron chi connectivity index (χ3n) is 4.99. The van der Waals surface area contributed by atoms with Crippen LogP contribution in [0.25, 0.3) is 21.5 Å². The number of amides is 1. The molecular formula is C22H22N4O2S2. The average molecular weight is 439 g/mol. The van der Waals surface area contributed by atoms with Crippen molar-refractivity contribution in [2.24, 2.45) is 0 Å². The number of aromatic amines is 2. The summed E-state index contributed by atoms with van der Waals surface area (Å²) in [4.78, 5) is 37.4. The molecular weight excluding hydrogens is 416 g/mol. The molecule has 154 valence electrons. The van der Waals surface area contributed by atoms with Crippen molar-refractivity contribution in [3.63, 3.8) is 0 Å². The Kier molecular flexibility index (Phi) is 5.78. The van der Waals surface area contributed by atoms with Crippen LogP contribution in [0.4, 0.5) is 5.69 Å². The SMILES string of the molecule is Cc1sc2nc(CSC(C)C(=O)Nc3ccc(-c4ccc[nH]4)cc3)[nH]c(=O)c2c1C. The van der Waals surface area contributed by atoms with Gasteiger partial charge in [0, 0.05) is 22.5 Å². The highest BCUT2D eigenvalue weighted by atomic mass is 32.2. The Bertz CT molecular complexity index is 1240. The van der Waals surface area contributed by atoms with E-state index in [1.54, 1.807) is 0 Å². The van der Waals surface area contributed by atoms with E-state index in [0.717, 1.165) is 32.2 Å². The number of aromatic nitrogens is 3. The first kappa shape index (κ1) is 20.4. The van der Waals surface area contributed by atoms with Gasteiger partial charge in [-0.1, -0.05) is 12.1 Å². The quantitative estimate of drug-likeness (QED) is 0.401. The number of rotatable bonds is 6. The van der Waals surface area contributed by atoms with Crippen LogP contribution in [0.3, 0.4) is 0 Å². The summed E-state index contributed by atoms with van der Waals surface area (Å²) in [6.45, 7) is 5.78. The third kappa shape index (κ3) is 4.20. The number of H-pyrrole nitrogens is 2. The topological polar surface area (TPSA) is 90.6 Å². The number of thioether (sulfide) groups is 1. The average Bonchev–Trinajstić information content (AvgIpc) is 3.35. The van der Waals surface area contributed by atoms with Gasteiger partial charge in [0.05, 0.1) is 16.4 Å². The Morgan fingerprint density at radius 1 is 1.23 bits per heavy atom. The van der Waals surface area contributed by atoms with Gasteiger partial charge in [-0.3, -0.25) is 9.59 Å². The largest absolute Gasteiger partial charge is 0.361 e. The van der Waals surface area contributed by atoms with Gasteiger partial charge in [-0.25, -0.2) is 4.98 Å². The fourth-order valence-corrected chi connectivity index (χ4v) is 4.94. The molecule has 0 bridgehead atoms. The smallest absolute Gasteiger partial charge is 0.259 e. The van der Waals surface area contributed by atoms with Gasteiger partial charge < -0.3 is 15.3 Å². The van der Waals surface area contributed by atoms with E-state index in [9.17, 15) is 9.59 Å². The van der Waals surface area contributed by atoms with Crippen LogP contribution in [0.1, 0.15) is 23.2 Å². The first-order valence-electron chi connectivity index (χ1n) is 9.57. The molecule has 0 fully saturated rings. The fourth-order valence-electron chi connectivity index (χ4n) is 3.13. The van der Waals surface area contributed by atoms with Crippen molar-refractivity contribution >= 4 is 44.9 Å². The molecule has 3 N–H and O–H groups in total. The molecule has 3 heterocycles. The number of fused-ring (bicyclic) bond motifs is 1. The van der Waals surface area contributed by atoms with Crippen LogP contribution in [0.2, 0.25) is 0 Å². The highest BCUT2D eigenvalue weighted by Crippen LogP contribution is 2.27. The molecule has 0 spiro atoms. The number of benzene rings is 1. The van der Waals surface area contributed by atoms with E-state index in [2.05, 4.69) is 20.3 Å². The molecule has 0 aliphatic rings. The second-order valence-electron chi connectivity index (χ2n) is 7.08. The standard InChI is InChI=1S/C22H22N4O2S2/c1-12-13(2)30-22-19(12)21(28)25-18(26-22)11-29-14(3)20(27)24-16-8-6-15(7-9-16)17-5-4-10-23-17/h4-10,14,23H,11H2,1-3H3,(H,24,27)(H,25,26,28). The van der Waals surface area contributed by atoms with Crippen molar-refractivity contribution < 1.29 is 4.79 Å². The lowest BCUT2D eigenvalue weighted by atomic mass is 10.1. The zero-order valence-electron chi connectivity index (χ0n) is 16.9. The van der Waals surface area contributed by atoms with Crippen molar-refractivity contribution in [2.45, 2.75) is 31.8 Å². The van der Waals surface area contributed by atoms with Gasteiger partial charge >= 0.3 is 0 Å². The summed E-state index contributed by atoms with van der Waals surface area (Å²) >= 11 is 2.97.